The van der Waals surface area contributed by atoms with E-state index in [1.807, 2.05) is 18.2 Å². The molecule has 0 aliphatic heterocycles. The maximum Gasteiger partial charge on any atom is 0.328 e. The average Bonchev–Trinajstić information content (AvgIpc) is 2.41. The molecule has 0 radical (unpaired) electrons. The molecular weight excluding hydrogens is 246 g/mol. The number of hydrogen-bond acceptors (Lipinski definition) is 3. The Morgan fingerprint density at radius 3 is 2.89 bits per heavy atom. The van der Waals surface area contributed by atoms with Gasteiger partial charge in [0, 0.05) is 26.2 Å². The van der Waals surface area contributed by atoms with Gasteiger partial charge in [-0.25, -0.2) is 4.79 Å². The molecule has 0 saturated carbocycles. The van der Waals surface area contributed by atoms with E-state index < -0.39 is 5.97 Å². The highest BCUT2D eigenvalue weighted by Gasteiger charge is 2.01. The molecule has 1 amide bonds. The molecule has 1 rings (SSSR count). The van der Waals surface area contributed by atoms with Crippen LogP contribution in [0.2, 0.25) is 0 Å². The monoisotopic (exact) mass is 263 g/mol. The normalized spacial score (nSPS) is 10.6. The second kappa shape index (κ2) is 8.05. The summed E-state index contributed by atoms with van der Waals surface area (Å²) in [5, 5.41) is 11.3. The number of aliphatic carboxylic acids is 1. The fourth-order valence-corrected chi connectivity index (χ4v) is 1.46. The van der Waals surface area contributed by atoms with Gasteiger partial charge in [0.15, 0.2) is 0 Å². The van der Waals surface area contributed by atoms with E-state index in [9.17, 15) is 9.59 Å². The molecule has 19 heavy (non-hydrogen) atoms. The van der Waals surface area contributed by atoms with Crippen LogP contribution in [0.3, 0.4) is 0 Å². The minimum Gasteiger partial charge on any atom is -0.478 e. The molecule has 0 unspecified atom stereocenters. The number of carbonyl (C=O) groups excluding carboxylic acids is 1. The molecule has 1 aromatic carbocycles. The van der Waals surface area contributed by atoms with Crippen molar-refractivity contribution in [2.45, 2.75) is 13.0 Å². The number of carboxylic acids is 1. The molecule has 102 valence electrons. The van der Waals surface area contributed by atoms with Gasteiger partial charge in [-0.3, -0.25) is 4.79 Å². The second-order valence-corrected chi connectivity index (χ2v) is 3.94. The molecule has 0 spiro atoms. The van der Waals surface area contributed by atoms with E-state index in [0.717, 1.165) is 17.2 Å². The van der Waals surface area contributed by atoms with Crippen molar-refractivity contribution in [1.82, 2.24) is 5.32 Å². The first-order valence-electron chi connectivity index (χ1n) is 5.87. The molecule has 0 saturated heterocycles. The predicted octanol–water partition coefficient (Wildman–Crippen LogP) is 1.44. The number of carbonyl (C=O) groups is 2. The van der Waals surface area contributed by atoms with Crippen molar-refractivity contribution in [2.75, 3.05) is 13.7 Å². The van der Waals surface area contributed by atoms with Crippen molar-refractivity contribution in [3.63, 3.8) is 0 Å². The molecule has 2 N–H and O–H groups in total. The number of carboxylic acid groups (broad SMARTS) is 1. The Labute approximate surface area is 111 Å². The molecular formula is C14H17NO4. The molecule has 0 aliphatic carbocycles. The zero-order valence-corrected chi connectivity index (χ0v) is 10.8. The average molecular weight is 263 g/mol. The maximum absolute atomic E-state index is 11.4. The van der Waals surface area contributed by atoms with Crippen LogP contribution in [0.5, 0.6) is 0 Å². The molecule has 0 fully saturated rings. The highest BCUT2D eigenvalue weighted by molar-refractivity contribution is 5.85. The van der Waals surface area contributed by atoms with Crippen molar-refractivity contribution in [3.8, 4) is 0 Å². The molecule has 0 atom stereocenters. The van der Waals surface area contributed by atoms with Gasteiger partial charge in [-0.2, -0.15) is 0 Å². The largest absolute Gasteiger partial charge is 0.478 e. The van der Waals surface area contributed by atoms with Crippen LogP contribution in [0.1, 0.15) is 17.5 Å². The number of rotatable bonds is 7. The van der Waals surface area contributed by atoms with Crippen LogP contribution >= 0.6 is 0 Å². The number of benzene rings is 1. The summed E-state index contributed by atoms with van der Waals surface area (Å²) in [5.74, 6) is -1.06. The predicted molar refractivity (Wildman–Crippen MR) is 71.5 cm³/mol. The van der Waals surface area contributed by atoms with E-state index in [-0.39, 0.29) is 5.91 Å². The van der Waals surface area contributed by atoms with Gasteiger partial charge in [-0.05, 0) is 23.3 Å². The smallest absolute Gasteiger partial charge is 0.328 e. The highest BCUT2D eigenvalue weighted by Crippen LogP contribution is 2.07. The summed E-state index contributed by atoms with van der Waals surface area (Å²) in [4.78, 5) is 21.8. The fraction of sp³-hybridized carbons (Fsp3) is 0.286. The number of nitrogens with one attached hydrogen (secondary N) is 1. The molecule has 0 aromatic heterocycles. The van der Waals surface area contributed by atoms with Crippen molar-refractivity contribution in [1.29, 1.82) is 0 Å². The fourth-order valence-electron chi connectivity index (χ4n) is 1.46. The summed E-state index contributed by atoms with van der Waals surface area (Å²) < 4.78 is 4.81. The van der Waals surface area contributed by atoms with Crippen LogP contribution in [0, 0.1) is 0 Å². The zero-order chi connectivity index (χ0) is 14.1. The Kier molecular flexibility index (Phi) is 6.32. The lowest BCUT2D eigenvalue weighted by Crippen LogP contribution is -2.23. The Hall–Kier alpha value is -2.14. The summed E-state index contributed by atoms with van der Waals surface area (Å²) in [6, 6.07) is 7.32. The molecule has 0 bridgehead atoms. The van der Waals surface area contributed by atoms with Gasteiger partial charge >= 0.3 is 5.97 Å². The van der Waals surface area contributed by atoms with Crippen LogP contribution in [0.15, 0.2) is 30.3 Å². The molecule has 1 aromatic rings. The Bertz CT molecular complexity index is 468. The lowest BCUT2D eigenvalue weighted by molar-refractivity contribution is -0.131. The number of methoxy groups -OCH3 is 1. The Morgan fingerprint density at radius 2 is 2.21 bits per heavy atom. The molecule has 5 nitrogen and oxygen atoms in total. The van der Waals surface area contributed by atoms with E-state index in [4.69, 9.17) is 9.84 Å². The van der Waals surface area contributed by atoms with E-state index in [0.29, 0.717) is 19.6 Å². The van der Waals surface area contributed by atoms with Gasteiger partial charge in [0.2, 0.25) is 5.91 Å². The third kappa shape index (κ3) is 6.38. The lowest BCUT2D eigenvalue weighted by atomic mass is 10.1. The third-order valence-corrected chi connectivity index (χ3v) is 2.39. The van der Waals surface area contributed by atoms with Crippen molar-refractivity contribution < 1.29 is 19.4 Å². The summed E-state index contributed by atoms with van der Waals surface area (Å²) in [7, 11) is 1.55. The summed E-state index contributed by atoms with van der Waals surface area (Å²) >= 11 is 0. The minimum atomic E-state index is -0.988. The zero-order valence-electron chi connectivity index (χ0n) is 10.8. The van der Waals surface area contributed by atoms with Gasteiger partial charge in [0.1, 0.15) is 0 Å². The molecule has 0 aliphatic rings. The lowest BCUT2D eigenvalue weighted by Gasteiger charge is -2.05. The maximum atomic E-state index is 11.4. The van der Waals surface area contributed by atoms with Crippen molar-refractivity contribution in [2.24, 2.45) is 0 Å². The van der Waals surface area contributed by atoms with Gasteiger partial charge in [0.05, 0.1) is 6.61 Å². The van der Waals surface area contributed by atoms with Crippen LogP contribution in [-0.2, 0) is 20.9 Å². The minimum absolute atomic E-state index is 0.0756. The Morgan fingerprint density at radius 1 is 1.42 bits per heavy atom. The number of hydrogen-bond donors (Lipinski definition) is 2. The van der Waals surface area contributed by atoms with Gasteiger partial charge in [0.25, 0.3) is 0 Å². The first-order valence-corrected chi connectivity index (χ1v) is 5.87. The van der Waals surface area contributed by atoms with Crippen molar-refractivity contribution in [3.05, 3.63) is 41.5 Å². The van der Waals surface area contributed by atoms with E-state index in [2.05, 4.69) is 5.32 Å². The second-order valence-electron chi connectivity index (χ2n) is 3.94. The summed E-state index contributed by atoms with van der Waals surface area (Å²) in [6.07, 6.45) is 2.92. The van der Waals surface area contributed by atoms with Crippen LogP contribution in [0.25, 0.3) is 6.08 Å². The molecule has 0 heterocycles. The first-order chi connectivity index (χ1) is 9.11. The van der Waals surface area contributed by atoms with E-state index in [1.54, 1.807) is 13.2 Å². The first kappa shape index (κ1) is 14.9. The highest BCUT2D eigenvalue weighted by atomic mass is 16.5. The quantitative estimate of drug-likeness (QED) is 0.730. The summed E-state index contributed by atoms with van der Waals surface area (Å²) in [6.45, 7) is 0.810. The SMILES string of the molecule is COCCC(=O)NCc1cccc(C=CC(=O)O)c1. The van der Waals surface area contributed by atoms with Crippen LogP contribution < -0.4 is 5.32 Å². The van der Waals surface area contributed by atoms with E-state index >= 15 is 0 Å². The number of amides is 1. The number of ether oxygens (including phenoxy) is 1. The van der Waals surface area contributed by atoms with Crippen molar-refractivity contribution >= 4 is 18.0 Å². The van der Waals surface area contributed by atoms with Gasteiger partial charge < -0.3 is 15.2 Å². The van der Waals surface area contributed by atoms with Gasteiger partial charge in [-0.1, -0.05) is 18.2 Å². The standard InChI is InChI=1S/C14H17NO4/c1-19-8-7-13(16)15-10-12-4-2-3-11(9-12)5-6-14(17)18/h2-6,9H,7-8,10H2,1H3,(H,15,16)(H,17,18). The molecule has 5 heteroatoms. The third-order valence-electron chi connectivity index (χ3n) is 2.39. The van der Waals surface area contributed by atoms with Gasteiger partial charge in [-0.15, -0.1) is 0 Å². The van der Waals surface area contributed by atoms with Crippen LogP contribution in [-0.4, -0.2) is 30.7 Å². The Balaban J connectivity index is 2.52. The summed E-state index contributed by atoms with van der Waals surface area (Å²) in [5.41, 5.74) is 1.70. The topological polar surface area (TPSA) is 75.6 Å². The van der Waals surface area contributed by atoms with E-state index in [1.165, 1.54) is 6.08 Å². The van der Waals surface area contributed by atoms with Crippen LogP contribution in [0.4, 0.5) is 0 Å².